The van der Waals surface area contributed by atoms with E-state index in [-0.39, 0.29) is 6.03 Å². The third kappa shape index (κ3) is 5.50. The highest BCUT2D eigenvalue weighted by molar-refractivity contribution is 6.34. The van der Waals surface area contributed by atoms with Gasteiger partial charge in [-0.25, -0.2) is 9.78 Å². The predicted octanol–water partition coefficient (Wildman–Crippen LogP) is 5.33. The second-order valence-electron chi connectivity index (χ2n) is 6.92. The first kappa shape index (κ1) is 19.8. The maximum Gasteiger partial charge on any atom is 0.323 e. The summed E-state index contributed by atoms with van der Waals surface area (Å²) in [6, 6.07) is 8.94. The molecule has 1 aliphatic rings. The summed E-state index contributed by atoms with van der Waals surface area (Å²) in [7, 11) is 0. The van der Waals surface area contributed by atoms with Crippen molar-refractivity contribution in [1.82, 2.24) is 9.88 Å². The molecule has 1 aromatic heterocycles. The van der Waals surface area contributed by atoms with Gasteiger partial charge in [-0.2, -0.15) is 0 Å². The lowest BCUT2D eigenvalue weighted by Gasteiger charge is -2.31. The van der Waals surface area contributed by atoms with Crippen LogP contribution in [0.1, 0.15) is 24.1 Å². The van der Waals surface area contributed by atoms with Gasteiger partial charge in [0.25, 0.3) is 0 Å². The first-order chi connectivity index (χ1) is 12.9. The van der Waals surface area contributed by atoms with E-state index in [1.807, 2.05) is 30.9 Å². The lowest BCUT2D eigenvalue weighted by atomic mass is 9.98. The molecule has 3 rings (SSSR count). The minimum absolute atomic E-state index is 0.107. The van der Waals surface area contributed by atoms with Crippen LogP contribution in [0.2, 0.25) is 10.0 Å². The molecule has 0 aliphatic carbocycles. The van der Waals surface area contributed by atoms with Gasteiger partial charge >= 0.3 is 6.03 Å². The number of carbonyl (C=O) groups excluding carboxylic acids is 1. The van der Waals surface area contributed by atoms with Crippen LogP contribution in [0.15, 0.2) is 30.3 Å². The Morgan fingerprint density at radius 2 is 1.96 bits per heavy atom. The summed E-state index contributed by atoms with van der Waals surface area (Å²) in [5.74, 6) is 1.58. The molecule has 2 heterocycles. The number of nitrogens with zero attached hydrogens (tertiary/aromatic N) is 2. The highest BCUT2D eigenvalue weighted by atomic mass is 35.5. The molecule has 5 nitrogen and oxygen atoms in total. The third-order valence-corrected chi connectivity index (χ3v) is 5.15. The zero-order valence-electron chi connectivity index (χ0n) is 15.5. The predicted molar refractivity (Wildman–Crippen MR) is 109 cm³/mol. The lowest BCUT2D eigenvalue weighted by Crippen LogP contribution is -2.42. The third-order valence-electron chi connectivity index (χ3n) is 4.60. The number of halogens is 2. The maximum atomic E-state index is 12.5. The molecule has 0 spiro atoms. The molecule has 27 heavy (non-hydrogen) atoms. The molecule has 2 amide bonds. The molecule has 0 radical (unpaired) electrons. The standard InChI is InChI=1S/C20H23Cl2N3O2/c1-13-9-14(2)23-19(10-13)24-20(26)25-7-5-15(6-8-25)12-27-18-11-16(21)3-4-17(18)22/h3-4,9-11,15H,5-8,12H2,1-2H3,(H,23,24,26). The van der Waals surface area contributed by atoms with Crippen LogP contribution in [-0.4, -0.2) is 35.6 Å². The summed E-state index contributed by atoms with van der Waals surface area (Å²) in [4.78, 5) is 18.7. The molecular weight excluding hydrogens is 385 g/mol. The van der Waals surface area contributed by atoms with E-state index in [0.717, 1.165) is 24.1 Å². The average molecular weight is 408 g/mol. The van der Waals surface area contributed by atoms with E-state index in [0.29, 0.717) is 47.2 Å². The maximum absolute atomic E-state index is 12.5. The number of nitrogens with one attached hydrogen (secondary N) is 1. The molecule has 0 unspecified atom stereocenters. The van der Waals surface area contributed by atoms with Crippen LogP contribution in [-0.2, 0) is 0 Å². The number of hydrogen-bond donors (Lipinski definition) is 1. The van der Waals surface area contributed by atoms with Crippen molar-refractivity contribution in [1.29, 1.82) is 0 Å². The van der Waals surface area contributed by atoms with E-state index in [9.17, 15) is 4.79 Å². The van der Waals surface area contributed by atoms with Crippen LogP contribution in [0.25, 0.3) is 0 Å². The van der Waals surface area contributed by atoms with Crippen molar-refractivity contribution in [2.45, 2.75) is 26.7 Å². The number of aromatic nitrogens is 1. The molecule has 1 N–H and O–H groups in total. The zero-order chi connectivity index (χ0) is 19.4. The fourth-order valence-electron chi connectivity index (χ4n) is 3.19. The molecule has 1 aromatic carbocycles. The van der Waals surface area contributed by atoms with Gasteiger partial charge in [-0.15, -0.1) is 0 Å². The number of ether oxygens (including phenoxy) is 1. The molecular formula is C20H23Cl2N3O2. The second-order valence-corrected chi connectivity index (χ2v) is 7.76. The van der Waals surface area contributed by atoms with Gasteiger partial charge in [0.15, 0.2) is 0 Å². The normalized spacial score (nSPS) is 14.9. The molecule has 0 atom stereocenters. The number of hydrogen-bond acceptors (Lipinski definition) is 3. The number of carbonyl (C=O) groups is 1. The van der Waals surface area contributed by atoms with E-state index >= 15 is 0 Å². The number of pyridine rings is 1. The zero-order valence-corrected chi connectivity index (χ0v) is 17.0. The van der Waals surface area contributed by atoms with Crippen molar-refractivity contribution < 1.29 is 9.53 Å². The molecule has 0 bridgehead atoms. The van der Waals surface area contributed by atoms with E-state index in [1.165, 1.54) is 0 Å². The van der Waals surface area contributed by atoms with Crippen LogP contribution in [0.5, 0.6) is 5.75 Å². The molecule has 2 aromatic rings. The molecule has 144 valence electrons. The fraction of sp³-hybridized carbons (Fsp3) is 0.400. The van der Waals surface area contributed by atoms with Gasteiger partial charge in [0.05, 0.1) is 11.6 Å². The monoisotopic (exact) mass is 407 g/mol. The van der Waals surface area contributed by atoms with E-state index in [4.69, 9.17) is 27.9 Å². The Hall–Kier alpha value is -1.98. The van der Waals surface area contributed by atoms with Crippen molar-refractivity contribution in [2.24, 2.45) is 5.92 Å². The number of piperidine rings is 1. The Bertz CT molecular complexity index is 801. The van der Waals surface area contributed by atoms with Crippen molar-refractivity contribution in [3.8, 4) is 5.75 Å². The Kier molecular flexibility index (Phi) is 6.45. The molecule has 1 saturated heterocycles. The van der Waals surface area contributed by atoms with E-state index in [2.05, 4.69) is 10.3 Å². The number of benzene rings is 1. The number of amides is 2. The van der Waals surface area contributed by atoms with Crippen molar-refractivity contribution in [2.75, 3.05) is 25.0 Å². The van der Waals surface area contributed by atoms with Crippen molar-refractivity contribution >= 4 is 35.1 Å². The van der Waals surface area contributed by atoms with Crippen molar-refractivity contribution in [3.05, 3.63) is 51.6 Å². The highest BCUT2D eigenvalue weighted by Crippen LogP contribution is 2.29. The molecule has 1 aliphatic heterocycles. The number of rotatable bonds is 4. The van der Waals surface area contributed by atoms with Gasteiger partial charge in [0.1, 0.15) is 11.6 Å². The Morgan fingerprint density at radius 1 is 1.22 bits per heavy atom. The van der Waals surface area contributed by atoms with Gasteiger partial charge in [0, 0.05) is 29.9 Å². The van der Waals surface area contributed by atoms with Crippen LogP contribution in [0.4, 0.5) is 10.6 Å². The van der Waals surface area contributed by atoms with Crippen molar-refractivity contribution in [3.63, 3.8) is 0 Å². The number of urea groups is 1. The Balaban J connectivity index is 1.48. The molecule has 1 fully saturated rings. The van der Waals surface area contributed by atoms with Gasteiger partial charge in [-0.05, 0) is 62.4 Å². The average Bonchev–Trinajstić information content (AvgIpc) is 2.62. The van der Waals surface area contributed by atoms with Gasteiger partial charge < -0.3 is 9.64 Å². The smallest absolute Gasteiger partial charge is 0.323 e. The summed E-state index contributed by atoms with van der Waals surface area (Å²) < 4.78 is 5.83. The first-order valence-corrected chi connectivity index (χ1v) is 9.75. The first-order valence-electron chi connectivity index (χ1n) is 9.00. The number of anilines is 1. The SMILES string of the molecule is Cc1cc(C)nc(NC(=O)N2CCC(COc3cc(Cl)ccc3Cl)CC2)c1. The minimum Gasteiger partial charge on any atom is -0.492 e. The molecule has 7 heteroatoms. The Labute approximate surface area is 169 Å². The Morgan fingerprint density at radius 3 is 2.67 bits per heavy atom. The summed E-state index contributed by atoms with van der Waals surface area (Å²) in [6.45, 7) is 5.85. The van der Waals surface area contributed by atoms with Crippen LogP contribution in [0, 0.1) is 19.8 Å². The van der Waals surface area contributed by atoms with E-state index in [1.54, 1.807) is 18.2 Å². The lowest BCUT2D eigenvalue weighted by molar-refractivity contribution is 0.152. The largest absolute Gasteiger partial charge is 0.492 e. The van der Waals surface area contributed by atoms with Gasteiger partial charge in [-0.3, -0.25) is 5.32 Å². The topological polar surface area (TPSA) is 54.5 Å². The minimum atomic E-state index is -0.107. The van der Waals surface area contributed by atoms with Gasteiger partial charge in [-0.1, -0.05) is 23.2 Å². The second kappa shape index (κ2) is 8.81. The molecule has 0 saturated carbocycles. The van der Waals surface area contributed by atoms with Crippen LogP contribution in [0.3, 0.4) is 0 Å². The summed E-state index contributed by atoms with van der Waals surface area (Å²) >= 11 is 12.1. The highest BCUT2D eigenvalue weighted by Gasteiger charge is 2.24. The summed E-state index contributed by atoms with van der Waals surface area (Å²) in [5, 5.41) is 4.04. The quantitative estimate of drug-likeness (QED) is 0.744. The van der Waals surface area contributed by atoms with E-state index < -0.39 is 0 Å². The summed E-state index contributed by atoms with van der Waals surface area (Å²) in [5.41, 5.74) is 1.97. The number of aryl methyl sites for hydroxylation is 2. The van der Waals surface area contributed by atoms with Gasteiger partial charge in [0.2, 0.25) is 0 Å². The number of likely N-dealkylation sites (tertiary alicyclic amines) is 1. The fourth-order valence-corrected chi connectivity index (χ4v) is 3.53. The van der Waals surface area contributed by atoms with Crippen LogP contribution < -0.4 is 10.1 Å². The summed E-state index contributed by atoms with van der Waals surface area (Å²) in [6.07, 6.45) is 1.76. The van der Waals surface area contributed by atoms with Crippen LogP contribution >= 0.6 is 23.2 Å².